The number of benzene rings is 2. The summed E-state index contributed by atoms with van der Waals surface area (Å²) in [5.41, 5.74) is 3.65. The molecule has 1 N–H and O–H groups in total. The largest absolute Gasteiger partial charge is 0.436 e. The molecule has 3 aromatic rings. The number of unbranched alkanes of at least 4 members (excludes halogenated alkanes) is 1. The first kappa shape index (κ1) is 16.8. The molecule has 0 saturated carbocycles. The molecule has 2 aromatic carbocycles. The van der Waals surface area contributed by atoms with Crippen LogP contribution in [0.15, 0.2) is 46.9 Å². The number of anilines is 1. The molecule has 0 saturated heterocycles. The van der Waals surface area contributed by atoms with Crippen LogP contribution in [0.1, 0.15) is 12.8 Å². The smallest absolute Gasteiger partial charge is 0.227 e. The Morgan fingerprint density at radius 3 is 2.62 bits per heavy atom. The molecule has 0 aliphatic rings. The number of hydrogen-bond donors (Lipinski definition) is 1. The van der Waals surface area contributed by atoms with Crippen LogP contribution in [-0.4, -0.2) is 37.1 Å². The first-order valence-corrected chi connectivity index (χ1v) is 8.55. The predicted octanol–water partition coefficient (Wildman–Crippen LogP) is 4.90. The minimum atomic E-state index is 0.616. The van der Waals surface area contributed by atoms with Crippen LogP contribution in [0.2, 0.25) is 5.02 Å². The van der Waals surface area contributed by atoms with Crippen LogP contribution in [-0.2, 0) is 0 Å². The number of hydrogen-bond acceptors (Lipinski definition) is 4. The number of halogens is 1. The van der Waals surface area contributed by atoms with Crippen molar-refractivity contribution >= 4 is 28.4 Å². The highest BCUT2D eigenvalue weighted by Crippen LogP contribution is 2.27. The van der Waals surface area contributed by atoms with Crippen LogP contribution in [0.4, 0.5) is 5.69 Å². The predicted molar refractivity (Wildman–Crippen MR) is 101 cm³/mol. The summed E-state index contributed by atoms with van der Waals surface area (Å²) in [7, 11) is 4.20. The second kappa shape index (κ2) is 7.69. The standard InChI is InChI=1S/C19H22ClN3O/c1-23(2)12-4-3-11-21-16-9-10-18-17(13-16)22-19(24-18)14-5-7-15(20)8-6-14/h5-10,13,21H,3-4,11-12H2,1-2H3. The summed E-state index contributed by atoms with van der Waals surface area (Å²) in [6.45, 7) is 2.08. The Balaban J connectivity index is 1.66. The lowest BCUT2D eigenvalue weighted by atomic mass is 10.2. The zero-order valence-electron chi connectivity index (χ0n) is 14.1. The molecule has 5 heteroatoms. The number of oxazole rings is 1. The van der Waals surface area contributed by atoms with E-state index < -0.39 is 0 Å². The van der Waals surface area contributed by atoms with E-state index in [-0.39, 0.29) is 0 Å². The summed E-state index contributed by atoms with van der Waals surface area (Å²) in [6.07, 6.45) is 2.33. The van der Waals surface area contributed by atoms with Crippen molar-refractivity contribution in [3.8, 4) is 11.5 Å². The third-order valence-electron chi connectivity index (χ3n) is 3.84. The lowest BCUT2D eigenvalue weighted by Crippen LogP contribution is -2.14. The first-order valence-electron chi connectivity index (χ1n) is 8.17. The van der Waals surface area contributed by atoms with Crippen molar-refractivity contribution in [1.29, 1.82) is 0 Å². The Hall–Kier alpha value is -2.04. The van der Waals surface area contributed by atoms with Gasteiger partial charge in [-0.3, -0.25) is 0 Å². The normalized spacial score (nSPS) is 11.3. The molecule has 3 rings (SSSR count). The van der Waals surface area contributed by atoms with Crippen molar-refractivity contribution < 1.29 is 4.42 Å². The highest BCUT2D eigenvalue weighted by Gasteiger charge is 2.08. The number of rotatable bonds is 7. The maximum atomic E-state index is 5.92. The van der Waals surface area contributed by atoms with E-state index in [2.05, 4.69) is 29.3 Å². The van der Waals surface area contributed by atoms with Crippen molar-refractivity contribution in [2.75, 3.05) is 32.5 Å². The third-order valence-corrected chi connectivity index (χ3v) is 4.09. The fourth-order valence-corrected chi connectivity index (χ4v) is 2.67. The zero-order chi connectivity index (χ0) is 16.9. The fourth-order valence-electron chi connectivity index (χ4n) is 2.54. The third kappa shape index (κ3) is 4.28. The lowest BCUT2D eigenvalue weighted by Gasteiger charge is -2.09. The molecule has 126 valence electrons. The van der Waals surface area contributed by atoms with Gasteiger partial charge in [-0.05, 0) is 75.9 Å². The van der Waals surface area contributed by atoms with Gasteiger partial charge in [-0.25, -0.2) is 4.98 Å². The molecule has 0 unspecified atom stereocenters. The van der Waals surface area contributed by atoms with Gasteiger partial charge in [-0.2, -0.15) is 0 Å². The molecule has 1 aromatic heterocycles. The van der Waals surface area contributed by atoms with Crippen molar-refractivity contribution in [2.45, 2.75) is 12.8 Å². The van der Waals surface area contributed by atoms with E-state index in [0.29, 0.717) is 10.9 Å². The van der Waals surface area contributed by atoms with Crippen LogP contribution in [0.25, 0.3) is 22.6 Å². The summed E-state index contributed by atoms with van der Waals surface area (Å²) in [4.78, 5) is 6.79. The van der Waals surface area contributed by atoms with Crippen LogP contribution in [0.3, 0.4) is 0 Å². The van der Waals surface area contributed by atoms with E-state index in [1.165, 1.54) is 6.42 Å². The quantitative estimate of drug-likeness (QED) is 0.619. The number of nitrogens with one attached hydrogen (secondary N) is 1. The molecule has 1 heterocycles. The van der Waals surface area contributed by atoms with Gasteiger partial charge in [0.05, 0.1) is 0 Å². The molecule has 4 nitrogen and oxygen atoms in total. The molecule has 0 amide bonds. The van der Waals surface area contributed by atoms with Crippen molar-refractivity contribution in [3.63, 3.8) is 0 Å². The molecule has 0 aliphatic heterocycles. The average Bonchev–Trinajstić information content (AvgIpc) is 2.98. The molecule has 0 fully saturated rings. The molecular formula is C19H22ClN3O. The first-order chi connectivity index (χ1) is 11.6. The minimum Gasteiger partial charge on any atom is -0.436 e. The number of fused-ring (bicyclic) bond motifs is 1. The van der Waals surface area contributed by atoms with E-state index in [4.69, 9.17) is 16.0 Å². The van der Waals surface area contributed by atoms with Crippen LogP contribution in [0.5, 0.6) is 0 Å². The van der Waals surface area contributed by atoms with Crippen molar-refractivity contribution in [3.05, 3.63) is 47.5 Å². The van der Waals surface area contributed by atoms with Gasteiger partial charge >= 0.3 is 0 Å². The molecule has 0 radical (unpaired) electrons. The second-order valence-electron chi connectivity index (χ2n) is 6.15. The monoisotopic (exact) mass is 343 g/mol. The summed E-state index contributed by atoms with van der Waals surface area (Å²) < 4.78 is 5.83. The maximum absolute atomic E-state index is 5.92. The molecule has 0 bridgehead atoms. The topological polar surface area (TPSA) is 41.3 Å². The minimum absolute atomic E-state index is 0.616. The Morgan fingerprint density at radius 2 is 1.88 bits per heavy atom. The van der Waals surface area contributed by atoms with E-state index >= 15 is 0 Å². The highest BCUT2D eigenvalue weighted by atomic mass is 35.5. The Bertz CT molecular complexity index is 796. The lowest BCUT2D eigenvalue weighted by molar-refractivity contribution is 0.396. The van der Waals surface area contributed by atoms with Crippen LogP contribution in [0, 0.1) is 0 Å². The van der Waals surface area contributed by atoms with Gasteiger partial charge in [0.15, 0.2) is 5.58 Å². The Morgan fingerprint density at radius 1 is 1.08 bits per heavy atom. The molecule has 0 aliphatic carbocycles. The fraction of sp³-hybridized carbons (Fsp3) is 0.316. The maximum Gasteiger partial charge on any atom is 0.227 e. The van der Waals surface area contributed by atoms with E-state index in [1.807, 2.05) is 42.5 Å². The van der Waals surface area contributed by atoms with Gasteiger partial charge in [0, 0.05) is 22.8 Å². The number of nitrogens with zero attached hydrogens (tertiary/aromatic N) is 2. The van der Waals surface area contributed by atoms with Crippen molar-refractivity contribution in [1.82, 2.24) is 9.88 Å². The van der Waals surface area contributed by atoms with E-state index in [0.717, 1.165) is 41.9 Å². The zero-order valence-corrected chi connectivity index (χ0v) is 14.8. The van der Waals surface area contributed by atoms with Crippen molar-refractivity contribution in [2.24, 2.45) is 0 Å². The molecule has 0 spiro atoms. The van der Waals surface area contributed by atoms with E-state index in [9.17, 15) is 0 Å². The van der Waals surface area contributed by atoms with Gasteiger partial charge in [0.1, 0.15) is 5.52 Å². The van der Waals surface area contributed by atoms with Crippen LogP contribution < -0.4 is 5.32 Å². The summed E-state index contributed by atoms with van der Waals surface area (Å²) >= 11 is 5.92. The van der Waals surface area contributed by atoms with Gasteiger partial charge in [0.2, 0.25) is 5.89 Å². The number of aromatic nitrogens is 1. The summed E-state index contributed by atoms with van der Waals surface area (Å²) in [5.74, 6) is 0.616. The second-order valence-corrected chi connectivity index (χ2v) is 6.58. The van der Waals surface area contributed by atoms with Gasteiger partial charge in [0.25, 0.3) is 0 Å². The Labute approximate surface area is 147 Å². The molecule has 24 heavy (non-hydrogen) atoms. The van der Waals surface area contributed by atoms with Gasteiger partial charge in [-0.15, -0.1) is 0 Å². The molecular weight excluding hydrogens is 322 g/mol. The summed E-state index contributed by atoms with van der Waals surface area (Å²) in [5, 5.41) is 4.15. The van der Waals surface area contributed by atoms with E-state index in [1.54, 1.807) is 0 Å². The van der Waals surface area contributed by atoms with Gasteiger partial charge in [-0.1, -0.05) is 11.6 Å². The summed E-state index contributed by atoms with van der Waals surface area (Å²) in [6, 6.07) is 13.5. The van der Waals surface area contributed by atoms with Gasteiger partial charge < -0.3 is 14.6 Å². The van der Waals surface area contributed by atoms with Crippen LogP contribution >= 0.6 is 11.6 Å². The average molecular weight is 344 g/mol. The SMILES string of the molecule is CN(C)CCCCNc1ccc2oc(-c3ccc(Cl)cc3)nc2c1. The Kier molecular flexibility index (Phi) is 5.38. The molecule has 0 atom stereocenters. The highest BCUT2D eigenvalue weighted by molar-refractivity contribution is 6.30.